The second-order valence-corrected chi connectivity index (χ2v) is 9.06. The van der Waals surface area contributed by atoms with Crippen LogP contribution in [0.2, 0.25) is 0 Å². The van der Waals surface area contributed by atoms with Gasteiger partial charge in [0.15, 0.2) is 0 Å². The number of aromatic nitrogens is 2. The van der Waals surface area contributed by atoms with Crippen LogP contribution in [-0.2, 0) is 30.7 Å². The van der Waals surface area contributed by atoms with E-state index in [9.17, 15) is 14.4 Å². The lowest BCUT2D eigenvalue weighted by Gasteiger charge is -2.17. The fourth-order valence-electron chi connectivity index (χ4n) is 4.49. The number of thiophene rings is 1. The minimum absolute atomic E-state index is 0.0506. The van der Waals surface area contributed by atoms with Gasteiger partial charge in [0.2, 0.25) is 5.91 Å². The molecule has 2 heterocycles. The molecule has 0 bridgehead atoms. The van der Waals surface area contributed by atoms with E-state index in [1.54, 1.807) is 35.6 Å². The molecule has 4 aromatic rings. The Morgan fingerprint density at radius 3 is 2.66 bits per heavy atom. The van der Waals surface area contributed by atoms with Crippen molar-refractivity contribution >= 4 is 28.1 Å². The Kier molecular flexibility index (Phi) is 5.49. The van der Waals surface area contributed by atoms with Crippen molar-refractivity contribution in [1.29, 1.82) is 0 Å². The second-order valence-electron chi connectivity index (χ2n) is 8.03. The number of benzene rings is 2. The molecule has 1 atom stereocenters. The maximum absolute atomic E-state index is 13.3. The van der Waals surface area contributed by atoms with Crippen molar-refractivity contribution < 1.29 is 4.79 Å². The number of hydrogen-bond donors (Lipinski definition) is 1. The summed E-state index contributed by atoms with van der Waals surface area (Å²) in [5.74, 6) is -0.234. The average Bonchev–Trinajstić information content (AvgIpc) is 3.47. The van der Waals surface area contributed by atoms with E-state index in [1.165, 1.54) is 14.7 Å². The molecule has 2 aromatic carbocycles. The minimum Gasteiger partial charge on any atom is -0.348 e. The smallest absolute Gasteiger partial charge is 0.331 e. The summed E-state index contributed by atoms with van der Waals surface area (Å²) in [6.45, 7) is 0.151. The standard InChI is InChI=1S/C25H23N3O3S/c29-23(26-21-12-11-17-6-1-2-8-19(17)21)16-28-22-10-4-3-9-20(22)24(30)27(25(28)31)14-13-18-7-5-15-32-18/h1-10,15,21H,11-14,16H2,(H,26,29)/t21-/m0/s1. The van der Waals surface area contributed by atoms with Crippen LogP contribution in [0.5, 0.6) is 0 Å². The number of rotatable bonds is 6. The zero-order valence-electron chi connectivity index (χ0n) is 17.5. The molecule has 0 radical (unpaired) electrons. The maximum Gasteiger partial charge on any atom is 0.331 e. The van der Waals surface area contributed by atoms with Crippen LogP contribution in [0.15, 0.2) is 75.6 Å². The third-order valence-electron chi connectivity index (χ3n) is 6.06. The summed E-state index contributed by atoms with van der Waals surface area (Å²) in [6.07, 6.45) is 2.37. The largest absolute Gasteiger partial charge is 0.348 e. The summed E-state index contributed by atoms with van der Waals surface area (Å²) in [4.78, 5) is 40.4. The van der Waals surface area contributed by atoms with Crippen molar-refractivity contribution in [2.24, 2.45) is 0 Å². The molecule has 5 rings (SSSR count). The quantitative estimate of drug-likeness (QED) is 0.495. The number of carbonyl (C=O) groups is 1. The predicted octanol–water partition coefficient (Wildman–Crippen LogP) is 3.27. The molecule has 0 saturated heterocycles. The van der Waals surface area contributed by atoms with Gasteiger partial charge in [-0.1, -0.05) is 42.5 Å². The van der Waals surface area contributed by atoms with Crippen molar-refractivity contribution in [3.05, 3.63) is 103 Å². The van der Waals surface area contributed by atoms with Crippen LogP contribution in [0.4, 0.5) is 0 Å². The molecule has 0 saturated carbocycles. The van der Waals surface area contributed by atoms with Gasteiger partial charge in [-0.3, -0.25) is 18.7 Å². The van der Waals surface area contributed by atoms with Gasteiger partial charge in [-0.25, -0.2) is 4.79 Å². The molecule has 7 heteroatoms. The average molecular weight is 446 g/mol. The summed E-state index contributed by atoms with van der Waals surface area (Å²) in [6, 6.07) is 19.0. The van der Waals surface area contributed by atoms with Gasteiger partial charge in [0.1, 0.15) is 6.54 Å². The third-order valence-corrected chi connectivity index (χ3v) is 7.00. The van der Waals surface area contributed by atoms with Crippen molar-refractivity contribution in [2.45, 2.75) is 38.4 Å². The Hall–Kier alpha value is -3.45. The molecular weight excluding hydrogens is 422 g/mol. The molecule has 1 aliphatic carbocycles. The highest BCUT2D eigenvalue weighted by Crippen LogP contribution is 2.30. The number of carbonyl (C=O) groups excluding carboxylic acids is 1. The first-order valence-corrected chi connectivity index (χ1v) is 11.6. The van der Waals surface area contributed by atoms with E-state index in [1.807, 2.05) is 35.7 Å². The Morgan fingerprint density at radius 2 is 1.81 bits per heavy atom. The highest BCUT2D eigenvalue weighted by atomic mass is 32.1. The zero-order valence-corrected chi connectivity index (χ0v) is 18.3. The molecule has 32 heavy (non-hydrogen) atoms. The highest BCUT2D eigenvalue weighted by Gasteiger charge is 2.24. The van der Waals surface area contributed by atoms with E-state index in [0.29, 0.717) is 17.3 Å². The molecule has 0 aliphatic heterocycles. The molecule has 1 aliphatic rings. The Morgan fingerprint density at radius 1 is 1.00 bits per heavy atom. The van der Waals surface area contributed by atoms with Crippen molar-refractivity contribution in [1.82, 2.24) is 14.5 Å². The summed E-state index contributed by atoms with van der Waals surface area (Å²) >= 11 is 1.60. The van der Waals surface area contributed by atoms with Gasteiger partial charge in [0.25, 0.3) is 5.56 Å². The van der Waals surface area contributed by atoms with Crippen LogP contribution in [0.1, 0.15) is 28.5 Å². The van der Waals surface area contributed by atoms with Gasteiger partial charge < -0.3 is 5.32 Å². The Balaban J connectivity index is 1.46. The predicted molar refractivity (Wildman–Crippen MR) is 126 cm³/mol. The van der Waals surface area contributed by atoms with Gasteiger partial charge in [0, 0.05) is 11.4 Å². The van der Waals surface area contributed by atoms with Crippen LogP contribution >= 0.6 is 11.3 Å². The van der Waals surface area contributed by atoms with Gasteiger partial charge in [-0.05, 0) is 54.0 Å². The first kappa shape index (κ1) is 20.5. The van der Waals surface area contributed by atoms with Crippen molar-refractivity contribution in [3.8, 4) is 0 Å². The number of aryl methyl sites for hydroxylation is 2. The third kappa shape index (κ3) is 3.80. The van der Waals surface area contributed by atoms with E-state index in [0.717, 1.165) is 23.3 Å². The molecular formula is C25H23N3O3S. The monoisotopic (exact) mass is 445 g/mol. The van der Waals surface area contributed by atoms with Gasteiger partial charge >= 0.3 is 5.69 Å². The first-order valence-electron chi connectivity index (χ1n) is 10.7. The number of nitrogens with zero attached hydrogens (tertiary/aromatic N) is 2. The van der Waals surface area contributed by atoms with E-state index >= 15 is 0 Å². The number of fused-ring (bicyclic) bond motifs is 2. The normalized spacial score (nSPS) is 15.1. The van der Waals surface area contributed by atoms with E-state index in [-0.39, 0.29) is 30.6 Å². The topological polar surface area (TPSA) is 73.1 Å². The summed E-state index contributed by atoms with van der Waals surface area (Å²) in [5.41, 5.74) is 2.11. The second kappa shape index (κ2) is 8.59. The lowest BCUT2D eigenvalue weighted by molar-refractivity contribution is -0.122. The highest BCUT2D eigenvalue weighted by molar-refractivity contribution is 7.09. The fourth-order valence-corrected chi connectivity index (χ4v) is 5.19. The Labute approximate surface area is 188 Å². The first-order chi connectivity index (χ1) is 15.6. The SMILES string of the molecule is O=C(Cn1c(=O)n(CCc2cccs2)c(=O)c2ccccc21)N[C@H]1CCc2ccccc21. The van der Waals surface area contributed by atoms with Crippen molar-refractivity contribution in [3.63, 3.8) is 0 Å². The maximum atomic E-state index is 13.3. The van der Waals surface area contributed by atoms with Crippen molar-refractivity contribution in [2.75, 3.05) is 0 Å². The zero-order chi connectivity index (χ0) is 22.1. The van der Waals surface area contributed by atoms with E-state index < -0.39 is 5.69 Å². The molecule has 0 spiro atoms. The molecule has 0 fully saturated rings. The lowest BCUT2D eigenvalue weighted by Crippen LogP contribution is -2.43. The molecule has 162 valence electrons. The lowest BCUT2D eigenvalue weighted by atomic mass is 10.1. The minimum atomic E-state index is -0.452. The van der Waals surface area contributed by atoms with Crippen LogP contribution in [0.3, 0.4) is 0 Å². The summed E-state index contributed by atoms with van der Waals surface area (Å²) in [5, 5.41) is 5.50. The molecule has 1 amide bonds. The van der Waals surface area contributed by atoms with Gasteiger partial charge in [-0.2, -0.15) is 0 Å². The molecule has 0 unspecified atom stereocenters. The number of nitrogens with one attached hydrogen (secondary N) is 1. The van der Waals surface area contributed by atoms with Gasteiger partial charge in [0.05, 0.1) is 16.9 Å². The molecule has 2 aromatic heterocycles. The van der Waals surface area contributed by atoms with E-state index in [4.69, 9.17) is 0 Å². The number of amides is 1. The fraction of sp³-hybridized carbons (Fsp3) is 0.240. The summed E-state index contributed by atoms with van der Waals surface area (Å²) in [7, 11) is 0. The van der Waals surface area contributed by atoms with Crippen LogP contribution < -0.4 is 16.6 Å². The number of hydrogen-bond acceptors (Lipinski definition) is 4. The van der Waals surface area contributed by atoms with Crippen LogP contribution in [0.25, 0.3) is 10.9 Å². The van der Waals surface area contributed by atoms with Crippen LogP contribution in [0, 0.1) is 0 Å². The summed E-state index contributed by atoms with van der Waals surface area (Å²) < 4.78 is 2.67. The van der Waals surface area contributed by atoms with Crippen LogP contribution in [-0.4, -0.2) is 15.0 Å². The van der Waals surface area contributed by atoms with E-state index in [2.05, 4.69) is 11.4 Å². The Bertz CT molecular complexity index is 1400. The van der Waals surface area contributed by atoms with Gasteiger partial charge in [-0.15, -0.1) is 11.3 Å². The molecule has 1 N–H and O–H groups in total. The molecule has 6 nitrogen and oxygen atoms in total. The number of para-hydroxylation sites is 1.